The zero-order chi connectivity index (χ0) is 12.0. The lowest BCUT2D eigenvalue weighted by Gasteiger charge is -2.17. The Balaban J connectivity index is 2.36. The molecule has 1 N–H and O–H groups in total. The minimum atomic E-state index is -0.394. The fraction of sp³-hybridized carbons (Fsp3) is 0.462. The third-order valence-corrected chi connectivity index (χ3v) is 2.27. The summed E-state index contributed by atoms with van der Waals surface area (Å²) in [6.07, 6.45) is 0.0693. The number of likely N-dealkylation sites (N-methyl/N-ethyl adjacent to an activating group) is 1. The molecule has 1 atom stereocenters. The van der Waals surface area contributed by atoms with Gasteiger partial charge in [-0.25, -0.2) is 0 Å². The van der Waals surface area contributed by atoms with Crippen LogP contribution in [0.15, 0.2) is 30.3 Å². The van der Waals surface area contributed by atoms with Gasteiger partial charge in [0.2, 0.25) is 0 Å². The zero-order valence-electron chi connectivity index (χ0n) is 9.89. The van der Waals surface area contributed by atoms with Gasteiger partial charge in [0.25, 0.3) is 0 Å². The summed E-state index contributed by atoms with van der Waals surface area (Å²) in [5.41, 5.74) is 1.04. The number of rotatable bonds is 6. The molecule has 3 heteroatoms. The molecule has 1 unspecified atom stereocenters. The molecular weight excluding hydrogens is 202 g/mol. The van der Waals surface area contributed by atoms with Crippen molar-refractivity contribution >= 4 is 5.78 Å². The van der Waals surface area contributed by atoms with E-state index >= 15 is 0 Å². The maximum atomic E-state index is 11.7. The van der Waals surface area contributed by atoms with Crippen LogP contribution in [0.2, 0.25) is 0 Å². The van der Waals surface area contributed by atoms with Crippen molar-refractivity contribution in [3.05, 3.63) is 35.9 Å². The topological polar surface area (TPSA) is 40.5 Å². The van der Waals surface area contributed by atoms with Crippen LogP contribution < -0.4 is 0 Å². The smallest absolute Gasteiger partial charge is 0.151 e. The summed E-state index contributed by atoms with van der Waals surface area (Å²) in [4.78, 5) is 13.5. The van der Waals surface area contributed by atoms with E-state index in [2.05, 4.69) is 0 Å². The number of hydrogen-bond donors (Lipinski definition) is 1. The van der Waals surface area contributed by atoms with E-state index in [-0.39, 0.29) is 5.78 Å². The molecule has 0 aromatic heterocycles. The second-order valence-electron chi connectivity index (χ2n) is 4.25. The molecule has 0 amide bonds. The van der Waals surface area contributed by atoms with E-state index in [1.165, 1.54) is 0 Å². The molecule has 0 aliphatic heterocycles. The quantitative estimate of drug-likeness (QED) is 0.782. The van der Waals surface area contributed by atoms with Crippen molar-refractivity contribution in [3.8, 4) is 0 Å². The molecule has 0 saturated heterocycles. The number of carbonyl (C=O) groups excluding carboxylic acids is 1. The third-order valence-electron chi connectivity index (χ3n) is 2.27. The lowest BCUT2D eigenvalue weighted by atomic mass is 10.1. The molecule has 0 fully saturated rings. The first kappa shape index (κ1) is 12.9. The molecule has 0 saturated carbocycles. The first-order chi connectivity index (χ1) is 7.58. The van der Waals surface area contributed by atoms with E-state index in [1.54, 1.807) is 6.92 Å². The van der Waals surface area contributed by atoms with Gasteiger partial charge in [-0.3, -0.25) is 9.69 Å². The summed E-state index contributed by atoms with van der Waals surface area (Å²) in [6.45, 7) is 2.64. The van der Waals surface area contributed by atoms with E-state index in [4.69, 9.17) is 0 Å². The molecule has 0 heterocycles. The van der Waals surface area contributed by atoms with Gasteiger partial charge in [-0.15, -0.1) is 0 Å². The Morgan fingerprint density at radius 2 is 2.00 bits per heavy atom. The SMILES string of the molecule is CC(O)CN(C)CC(=O)Cc1ccccc1. The minimum absolute atomic E-state index is 0.175. The molecule has 0 spiro atoms. The Labute approximate surface area is 96.7 Å². The van der Waals surface area contributed by atoms with Gasteiger partial charge in [0, 0.05) is 13.0 Å². The lowest BCUT2D eigenvalue weighted by molar-refractivity contribution is -0.119. The van der Waals surface area contributed by atoms with Crippen LogP contribution in [0.4, 0.5) is 0 Å². The second-order valence-corrected chi connectivity index (χ2v) is 4.25. The van der Waals surface area contributed by atoms with Crippen molar-refractivity contribution in [2.24, 2.45) is 0 Å². The maximum absolute atomic E-state index is 11.7. The van der Waals surface area contributed by atoms with Gasteiger partial charge in [-0.2, -0.15) is 0 Å². The normalized spacial score (nSPS) is 12.8. The fourth-order valence-corrected chi connectivity index (χ4v) is 1.70. The molecule has 0 bridgehead atoms. The Morgan fingerprint density at radius 3 is 2.56 bits per heavy atom. The molecule has 88 valence electrons. The van der Waals surface area contributed by atoms with Crippen LogP contribution in [0.3, 0.4) is 0 Å². The highest BCUT2D eigenvalue weighted by molar-refractivity contribution is 5.82. The average Bonchev–Trinajstić information content (AvgIpc) is 2.17. The second kappa shape index (κ2) is 6.40. The van der Waals surface area contributed by atoms with Crippen LogP contribution in [0.25, 0.3) is 0 Å². The summed E-state index contributed by atoms with van der Waals surface area (Å²) in [6, 6.07) is 9.71. The number of nitrogens with zero attached hydrogens (tertiary/aromatic N) is 1. The lowest BCUT2D eigenvalue weighted by Crippen LogP contribution is -2.32. The van der Waals surface area contributed by atoms with Crippen molar-refractivity contribution in [3.63, 3.8) is 0 Å². The summed E-state index contributed by atoms with van der Waals surface area (Å²) >= 11 is 0. The number of carbonyl (C=O) groups is 1. The molecule has 1 aromatic carbocycles. The number of hydrogen-bond acceptors (Lipinski definition) is 3. The average molecular weight is 221 g/mol. The molecule has 3 nitrogen and oxygen atoms in total. The number of ketones is 1. The van der Waals surface area contributed by atoms with Gasteiger partial charge in [-0.1, -0.05) is 30.3 Å². The Kier molecular flexibility index (Phi) is 5.15. The third kappa shape index (κ3) is 5.05. The summed E-state index contributed by atoms with van der Waals surface area (Å²) in [5, 5.41) is 9.17. The number of aliphatic hydroxyl groups excluding tert-OH is 1. The van der Waals surface area contributed by atoms with E-state index in [0.717, 1.165) is 5.56 Å². The molecule has 0 aliphatic rings. The van der Waals surface area contributed by atoms with Crippen LogP contribution in [0.5, 0.6) is 0 Å². The molecule has 0 aliphatic carbocycles. The van der Waals surface area contributed by atoms with Crippen molar-refractivity contribution in [2.75, 3.05) is 20.1 Å². The van der Waals surface area contributed by atoms with Gasteiger partial charge >= 0.3 is 0 Å². The van der Waals surface area contributed by atoms with Crippen molar-refractivity contribution in [1.29, 1.82) is 0 Å². The van der Waals surface area contributed by atoms with Crippen LogP contribution in [-0.4, -0.2) is 42.0 Å². The summed E-state index contributed by atoms with van der Waals surface area (Å²) in [7, 11) is 1.84. The van der Waals surface area contributed by atoms with Crippen molar-refractivity contribution < 1.29 is 9.90 Å². The van der Waals surface area contributed by atoms with Crippen molar-refractivity contribution in [2.45, 2.75) is 19.4 Å². The van der Waals surface area contributed by atoms with Crippen LogP contribution in [0.1, 0.15) is 12.5 Å². The van der Waals surface area contributed by atoms with Crippen LogP contribution in [0, 0.1) is 0 Å². The first-order valence-corrected chi connectivity index (χ1v) is 5.50. The highest BCUT2D eigenvalue weighted by Crippen LogP contribution is 2.01. The molecule has 1 aromatic rings. The summed E-state index contributed by atoms with van der Waals surface area (Å²) < 4.78 is 0. The highest BCUT2D eigenvalue weighted by atomic mass is 16.3. The van der Waals surface area contributed by atoms with Crippen LogP contribution >= 0.6 is 0 Å². The fourth-order valence-electron chi connectivity index (χ4n) is 1.70. The molecule has 1 rings (SSSR count). The van der Waals surface area contributed by atoms with Gasteiger partial charge in [0.1, 0.15) is 0 Å². The van der Waals surface area contributed by atoms with E-state index in [0.29, 0.717) is 19.5 Å². The largest absolute Gasteiger partial charge is 0.392 e. The van der Waals surface area contributed by atoms with E-state index < -0.39 is 6.10 Å². The minimum Gasteiger partial charge on any atom is -0.392 e. The predicted molar refractivity (Wildman–Crippen MR) is 64.3 cm³/mol. The Morgan fingerprint density at radius 1 is 1.38 bits per heavy atom. The Hall–Kier alpha value is -1.19. The van der Waals surface area contributed by atoms with Gasteiger partial charge < -0.3 is 5.11 Å². The summed E-state index contributed by atoms with van der Waals surface area (Å²) in [5.74, 6) is 0.175. The Bertz CT molecular complexity index is 322. The molecule has 16 heavy (non-hydrogen) atoms. The van der Waals surface area contributed by atoms with Crippen LogP contribution in [-0.2, 0) is 11.2 Å². The zero-order valence-corrected chi connectivity index (χ0v) is 9.89. The number of Topliss-reactive ketones (excluding diaryl/α,β-unsaturated/α-hetero) is 1. The highest BCUT2D eigenvalue weighted by Gasteiger charge is 2.09. The van der Waals surface area contributed by atoms with E-state index in [1.807, 2.05) is 42.3 Å². The van der Waals surface area contributed by atoms with Gasteiger partial charge in [-0.05, 0) is 19.5 Å². The number of benzene rings is 1. The van der Waals surface area contributed by atoms with E-state index in [9.17, 15) is 9.90 Å². The van der Waals surface area contributed by atoms with Crippen molar-refractivity contribution in [1.82, 2.24) is 4.90 Å². The molecular formula is C13H19NO2. The molecule has 0 radical (unpaired) electrons. The first-order valence-electron chi connectivity index (χ1n) is 5.50. The maximum Gasteiger partial charge on any atom is 0.151 e. The predicted octanol–water partition coefficient (Wildman–Crippen LogP) is 1.11. The van der Waals surface area contributed by atoms with Gasteiger partial charge in [0.05, 0.1) is 12.6 Å². The monoisotopic (exact) mass is 221 g/mol. The number of aliphatic hydroxyl groups is 1. The van der Waals surface area contributed by atoms with Gasteiger partial charge in [0.15, 0.2) is 5.78 Å². The standard InChI is InChI=1S/C13H19NO2/c1-11(15)9-14(2)10-13(16)8-12-6-4-3-5-7-12/h3-7,11,15H,8-10H2,1-2H3.